The Labute approximate surface area is 131 Å². The third-order valence-corrected chi connectivity index (χ3v) is 3.55. The molecule has 5 heteroatoms. The van der Waals surface area contributed by atoms with E-state index in [1.54, 1.807) is 6.20 Å². The van der Waals surface area contributed by atoms with Crippen LogP contribution in [0.2, 0.25) is 5.02 Å². The number of aryl methyl sites for hydroxylation is 1. The van der Waals surface area contributed by atoms with E-state index < -0.39 is 0 Å². The van der Waals surface area contributed by atoms with Crippen molar-refractivity contribution in [1.82, 2.24) is 15.1 Å². The largest absolute Gasteiger partial charge is 0.452 e. The minimum absolute atomic E-state index is 0.272. The van der Waals surface area contributed by atoms with Gasteiger partial charge in [-0.15, -0.1) is 0 Å². The van der Waals surface area contributed by atoms with Crippen LogP contribution in [0.5, 0.6) is 11.5 Å². The first-order valence-electron chi connectivity index (χ1n) is 7.37. The number of rotatable bonds is 7. The minimum Gasteiger partial charge on any atom is -0.452 e. The lowest BCUT2D eigenvalue weighted by atomic mass is 10.1. The lowest BCUT2D eigenvalue weighted by molar-refractivity contribution is 0.480. The number of aromatic nitrogens is 2. The van der Waals surface area contributed by atoms with E-state index in [9.17, 15) is 0 Å². The third kappa shape index (κ3) is 4.22. The molecule has 1 N–H and O–H groups in total. The molecule has 0 saturated carbocycles. The monoisotopic (exact) mass is 307 g/mol. The molecule has 0 aliphatic rings. The fourth-order valence-electron chi connectivity index (χ4n) is 2.17. The van der Waals surface area contributed by atoms with Gasteiger partial charge in [0, 0.05) is 12.6 Å². The Kier molecular flexibility index (Phi) is 5.65. The number of nitrogens with one attached hydrogen (secondary N) is 1. The van der Waals surface area contributed by atoms with Crippen molar-refractivity contribution < 1.29 is 4.74 Å². The molecule has 1 atom stereocenters. The first kappa shape index (κ1) is 15.9. The second-order valence-electron chi connectivity index (χ2n) is 5.01. The first-order valence-corrected chi connectivity index (χ1v) is 7.75. The first-order chi connectivity index (χ1) is 10.1. The Bertz CT molecular complexity index is 583. The molecule has 114 valence electrons. The molecule has 0 aliphatic carbocycles. The van der Waals surface area contributed by atoms with Gasteiger partial charge in [-0.1, -0.05) is 31.5 Å². The van der Waals surface area contributed by atoms with E-state index >= 15 is 0 Å². The highest BCUT2D eigenvalue weighted by atomic mass is 35.5. The van der Waals surface area contributed by atoms with Gasteiger partial charge in [0.05, 0.1) is 17.4 Å². The van der Waals surface area contributed by atoms with Crippen molar-refractivity contribution in [2.45, 2.75) is 39.8 Å². The second kappa shape index (κ2) is 7.48. The Morgan fingerprint density at radius 1 is 1.38 bits per heavy atom. The van der Waals surface area contributed by atoms with E-state index in [2.05, 4.69) is 31.2 Å². The summed E-state index contributed by atoms with van der Waals surface area (Å²) in [6.45, 7) is 8.13. The minimum atomic E-state index is 0.272. The second-order valence-corrected chi connectivity index (χ2v) is 5.42. The standard InChI is InChI=1S/C16H22ClN3O/c1-4-8-20-11-14(10-19-20)21-16-7-6-13(9-15(16)17)12(3)18-5-2/h6-7,9-12,18H,4-5,8H2,1-3H3. The molecule has 0 radical (unpaired) electrons. The van der Waals surface area contributed by atoms with Crippen molar-refractivity contribution in [3.05, 3.63) is 41.2 Å². The van der Waals surface area contributed by atoms with Gasteiger partial charge in [-0.25, -0.2) is 0 Å². The van der Waals surface area contributed by atoms with Crippen LogP contribution >= 0.6 is 11.6 Å². The highest BCUT2D eigenvalue weighted by molar-refractivity contribution is 6.32. The Morgan fingerprint density at radius 2 is 2.19 bits per heavy atom. The number of halogens is 1. The van der Waals surface area contributed by atoms with Crippen molar-refractivity contribution in [3.8, 4) is 11.5 Å². The van der Waals surface area contributed by atoms with E-state index in [1.807, 2.05) is 29.1 Å². The van der Waals surface area contributed by atoms with Crippen molar-refractivity contribution in [3.63, 3.8) is 0 Å². The van der Waals surface area contributed by atoms with Crippen LogP contribution < -0.4 is 10.1 Å². The zero-order valence-electron chi connectivity index (χ0n) is 12.8. The molecule has 2 aromatic rings. The Morgan fingerprint density at radius 3 is 2.86 bits per heavy atom. The molecule has 1 aromatic heterocycles. The van der Waals surface area contributed by atoms with Crippen LogP contribution in [0.3, 0.4) is 0 Å². The molecular formula is C16H22ClN3O. The van der Waals surface area contributed by atoms with Gasteiger partial charge in [0.1, 0.15) is 5.75 Å². The van der Waals surface area contributed by atoms with Gasteiger partial charge in [0.2, 0.25) is 0 Å². The SMILES string of the molecule is CCCn1cc(Oc2ccc(C(C)NCC)cc2Cl)cn1. The lowest BCUT2D eigenvalue weighted by Gasteiger charge is -2.14. The van der Waals surface area contributed by atoms with Crippen LogP contribution in [-0.2, 0) is 6.54 Å². The average Bonchev–Trinajstić information content (AvgIpc) is 2.89. The molecule has 0 saturated heterocycles. The van der Waals surface area contributed by atoms with Crippen LogP contribution in [-0.4, -0.2) is 16.3 Å². The number of ether oxygens (including phenoxy) is 1. The molecule has 1 heterocycles. The molecule has 1 unspecified atom stereocenters. The molecule has 1 aromatic carbocycles. The Balaban J connectivity index is 2.09. The van der Waals surface area contributed by atoms with E-state index in [-0.39, 0.29) is 6.04 Å². The smallest absolute Gasteiger partial charge is 0.165 e. The predicted molar refractivity (Wildman–Crippen MR) is 86.1 cm³/mol. The summed E-state index contributed by atoms with van der Waals surface area (Å²) in [6, 6.07) is 6.16. The van der Waals surface area contributed by atoms with Crippen LogP contribution in [0.1, 0.15) is 38.8 Å². The summed E-state index contributed by atoms with van der Waals surface area (Å²) in [4.78, 5) is 0. The zero-order chi connectivity index (χ0) is 15.2. The van der Waals surface area contributed by atoms with Crippen molar-refractivity contribution in [2.24, 2.45) is 0 Å². The maximum Gasteiger partial charge on any atom is 0.165 e. The molecule has 0 bridgehead atoms. The summed E-state index contributed by atoms with van der Waals surface area (Å²) < 4.78 is 7.66. The summed E-state index contributed by atoms with van der Waals surface area (Å²) in [7, 11) is 0. The normalized spacial score (nSPS) is 12.4. The van der Waals surface area contributed by atoms with Crippen molar-refractivity contribution >= 4 is 11.6 Å². The number of benzene rings is 1. The number of hydrogen-bond acceptors (Lipinski definition) is 3. The van der Waals surface area contributed by atoms with Crippen LogP contribution in [0, 0.1) is 0 Å². The summed E-state index contributed by atoms with van der Waals surface area (Å²) in [5.74, 6) is 1.36. The molecule has 0 fully saturated rings. The molecule has 0 aliphatic heterocycles. The van der Waals surface area contributed by atoms with Crippen molar-refractivity contribution in [2.75, 3.05) is 6.54 Å². The molecule has 2 rings (SSSR count). The summed E-state index contributed by atoms with van der Waals surface area (Å²) in [5, 5.41) is 8.21. The maximum absolute atomic E-state index is 6.31. The van der Waals surface area contributed by atoms with Gasteiger partial charge < -0.3 is 10.1 Å². The highest BCUT2D eigenvalue weighted by Gasteiger charge is 2.09. The van der Waals surface area contributed by atoms with Crippen LogP contribution in [0.4, 0.5) is 0 Å². The van der Waals surface area contributed by atoms with Gasteiger partial charge in [-0.05, 0) is 37.6 Å². The molecule has 21 heavy (non-hydrogen) atoms. The zero-order valence-corrected chi connectivity index (χ0v) is 13.5. The molecule has 0 spiro atoms. The van der Waals surface area contributed by atoms with Crippen LogP contribution in [0.25, 0.3) is 0 Å². The third-order valence-electron chi connectivity index (χ3n) is 3.26. The summed E-state index contributed by atoms with van der Waals surface area (Å²) >= 11 is 6.31. The summed E-state index contributed by atoms with van der Waals surface area (Å²) in [6.07, 6.45) is 4.63. The Hall–Kier alpha value is -1.52. The maximum atomic E-state index is 6.31. The van der Waals surface area contributed by atoms with Gasteiger partial charge in [0.15, 0.2) is 5.75 Å². The fourth-order valence-corrected chi connectivity index (χ4v) is 2.40. The number of nitrogens with zero attached hydrogens (tertiary/aromatic N) is 2. The fraction of sp³-hybridized carbons (Fsp3) is 0.438. The summed E-state index contributed by atoms with van der Waals surface area (Å²) in [5.41, 5.74) is 1.15. The van der Waals surface area contributed by atoms with E-state index in [0.29, 0.717) is 16.5 Å². The number of hydrogen-bond donors (Lipinski definition) is 1. The van der Waals surface area contributed by atoms with E-state index in [1.165, 1.54) is 0 Å². The quantitative estimate of drug-likeness (QED) is 0.823. The molecular weight excluding hydrogens is 286 g/mol. The van der Waals surface area contributed by atoms with Crippen LogP contribution in [0.15, 0.2) is 30.6 Å². The molecule has 4 nitrogen and oxygen atoms in total. The average molecular weight is 308 g/mol. The van der Waals surface area contributed by atoms with E-state index in [4.69, 9.17) is 16.3 Å². The molecule has 0 amide bonds. The van der Waals surface area contributed by atoms with E-state index in [0.717, 1.165) is 25.1 Å². The van der Waals surface area contributed by atoms with Gasteiger partial charge in [-0.2, -0.15) is 5.10 Å². The predicted octanol–water partition coefficient (Wildman–Crippen LogP) is 4.41. The van der Waals surface area contributed by atoms with Gasteiger partial charge >= 0.3 is 0 Å². The lowest BCUT2D eigenvalue weighted by Crippen LogP contribution is -2.17. The van der Waals surface area contributed by atoms with Gasteiger partial charge in [-0.3, -0.25) is 4.68 Å². The van der Waals surface area contributed by atoms with Gasteiger partial charge in [0.25, 0.3) is 0 Å². The topological polar surface area (TPSA) is 39.1 Å². The highest BCUT2D eigenvalue weighted by Crippen LogP contribution is 2.31. The van der Waals surface area contributed by atoms with Crippen molar-refractivity contribution in [1.29, 1.82) is 0 Å².